The third-order valence-electron chi connectivity index (χ3n) is 5.84. The van der Waals surface area contributed by atoms with E-state index in [0.717, 1.165) is 31.6 Å². The summed E-state index contributed by atoms with van der Waals surface area (Å²) in [7, 11) is 0. The molecule has 0 aromatic heterocycles. The van der Waals surface area contributed by atoms with Gasteiger partial charge in [-0.1, -0.05) is 27.2 Å². The molecule has 2 fully saturated rings. The normalized spacial score (nSPS) is 35.1. The highest BCUT2D eigenvalue weighted by molar-refractivity contribution is 4.97. The minimum absolute atomic E-state index is 0.336. The number of ether oxygens (including phenoxy) is 1. The average molecular weight is 282 g/mol. The van der Waals surface area contributed by atoms with Crippen LogP contribution in [-0.2, 0) is 4.74 Å². The predicted octanol–water partition coefficient (Wildman–Crippen LogP) is 2.90. The number of nitrogens with zero attached hydrogens (tertiary/aromatic N) is 1. The molecule has 3 heteroatoms. The summed E-state index contributed by atoms with van der Waals surface area (Å²) in [4.78, 5) is 2.79. The zero-order valence-electron chi connectivity index (χ0n) is 14.0. The molecule has 2 aliphatic heterocycles. The summed E-state index contributed by atoms with van der Waals surface area (Å²) in [6.07, 6.45) is 5.00. The first-order chi connectivity index (χ1) is 9.59. The molecule has 3 atom stereocenters. The van der Waals surface area contributed by atoms with Crippen LogP contribution in [-0.4, -0.2) is 49.3 Å². The van der Waals surface area contributed by atoms with Gasteiger partial charge in [0, 0.05) is 44.4 Å². The van der Waals surface area contributed by atoms with Crippen LogP contribution in [0.5, 0.6) is 0 Å². The Kier molecular flexibility index (Phi) is 5.88. The van der Waals surface area contributed by atoms with Gasteiger partial charge in [-0.25, -0.2) is 0 Å². The van der Waals surface area contributed by atoms with Gasteiger partial charge in [0.25, 0.3) is 0 Å². The first-order valence-electron chi connectivity index (χ1n) is 8.65. The lowest BCUT2D eigenvalue weighted by atomic mass is 9.86. The van der Waals surface area contributed by atoms with Crippen molar-refractivity contribution in [1.29, 1.82) is 0 Å². The summed E-state index contributed by atoms with van der Waals surface area (Å²) in [5.41, 5.74) is 0.336. The maximum Gasteiger partial charge on any atom is 0.0469 e. The molecule has 1 N–H and O–H groups in total. The molecular weight excluding hydrogens is 248 g/mol. The Morgan fingerprint density at radius 3 is 2.60 bits per heavy atom. The van der Waals surface area contributed by atoms with Crippen LogP contribution < -0.4 is 5.32 Å². The molecule has 0 amide bonds. The van der Waals surface area contributed by atoms with Crippen molar-refractivity contribution in [3.63, 3.8) is 0 Å². The van der Waals surface area contributed by atoms with E-state index in [2.05, 4.69) is 37.9 Å². The Morgan fingerprint density at radius 1 is 1.30 bits per heavy atom. The van der Waals surface area contributed by atoms with E-state index in [9.17, 15) is 0 Å². The van der Waals surface area contributed by atoms with Crippen LogP contribution in [0.1, 0.15) is 53.4 Å². The largest absolute Gasteiger partial charge is 0.381 e. The van der Waals surface area contributed by atoms with Crippen LogP contribution in [0.3, 0.4) is 0 Å². The van der Waals surface area contributed by atoms with Crippen LogP contribution in [0.25, 0.3) is 0 Å². The Morgan fingerprint density at radius 2 is 2.00 bits per heavy atom. The number of hydrogen-bond acceptors (Lipinski definition) is 3. The first kappa shape index (κ1) is 16.3. The van der Waals surface area contributed by atoms with Gasteiger partial charge in [-0.2, -0.15) is 0 Å². The Hall–Kier alpha value is -0.120. The molecule has 3 unspecified atom stereocenters. The number of nitrogens with one attached hydrogen (secondary N) is 1. The van der Waals surface area contributed by atoms with Crippen molar-refractivity contribution in [2.75, 3.05) is 32.8 Å². The highest BCUT2D eigenvalue weighted by Crippen LogP contribution is 2.28. The molecule has 2 rings (SSSR count). The SMILES string of the molecule is CCC(C)C1CN(CC2CCOCC2)C(C)(CC)CN1. The topological polar surface area (TPSA) is 24.5 Å². The van der Waals surface area contributed by atoms with E-state index in [-0.39, 0.29) is 0 Å². The molecule has 0 spiro atoms. The van der Waals surface area contributed by atoms with E-state index in [1.165, 1.54) is 38.8 Å². The number of piperazine rings is 1. The van der Waals surface area contributed by atoms with Crippen LogP contribution in [0, 0.1) is 11.8 Å². The standard InChI is InChI=1S/C17H34N2O/c1-5-14(3)16-12-19(17(4,6-2)13-18-16)11-15-7-9-20-10-8-15/h14-16,18H,5-13H2,1-4H3. The van der Waals surface area contributed by atoms with Crippen molar-refractivity contribution in [2.24, 2.45) is 11.8 Å². The second-order valence-corrected chi connectivity index (χ2v) is 7.18. The summed E-state index contributed by atoms with van der Waals surface area (Å²) in [6.45, 7) is 15.0. The van der Waals surface area contributed by atoms with Gasteiger partial charge < -0.3 is 10.1 Å². The van der Waals surface area contributed by atoms with Crippen LogP contribution >= 0.6 is 0 Å². The molecule has 2 aliphatic rings. The maximum absolute atomic E-state index is 5.51. The zero-order valence-corrected chi connectivity index (χ0v) is 14.0. The smallest absolute Gasteiger partial charge is 0.0469 e. The quantitative estimate of drug-likeness (QED) is 0.839. The van der Waals surface area contributed by atoms with Gasteiger partial charge in [0.2, 0.25) is 0 Å². The molecule has 2 heterocycles. The molecule has 20 heavy (non-hydrogen) atoms. The molecule has 0 bridgehead atoms. The third kappa shape index (κ3) is 3.75. The Labute approximate surface area is 125 Å². The lowest BCUT2D eigenvalue weighted by Crippen LogP contribution is -2.65. The molecule has 0 radical (unpaired) electrons. The fraction of sp³-hybridized carbons (Fsp3) is 1.00. The van der Waals surface area contributed by atoms with Gasteiger partial charge in [0.15, 0.2) is 0 Å². The second-order valence-electron chi connectivity index (χ2n) is 7.18. The third-order valence-corrected chi connectivity index (χ3v) is 5.84. The van der Waals surface area contributed by atoms with Crippen molar-refractivity contribution >= 4 is 0 Å². The molecule has 0 aromatic rings. The Bertz CT molecular complexity index is 289. The number of rotatable bonds is 5. The summed E-state index contributed by atoms with van der Waals surface area (Å²) in [5.74, 6) is 1.61. The number of hydrogen-bond donors (Lipinski definition) is 1. The fourth-order valence-corrected chi connectivity index (χ4v) is 3.53. The monoisotopic (exact) mass is 282 g/mol. The van der Waals surface area contributed by atoms with Gasteiger partial charge in [0.05, 0.1) is 0 Å². The first-order valence-corrected chi connectivity index (χ1v) is 8.65. The van der Waals surface area contributed by atoms with E-state index in [4.69, 9.17) is 4.74 Å². The maximum atomic E-state index is 5.51. The van der Waals surface area contributed by atoms with Crippen LogP contribution in [0.4, 0.5) is 0 Å². The lowest BCUT2D eigenvalue weighted by Gasteiger charge is -2.50. The summed E-state index contributed by atoms with van der Waals surface area (Å²) < 4.78 is 5.51. The van der Waals surface area contributed by atoms with Crippen LogP contribution in [0.15, 0.2) is 0 Å². The summed E-state index contributed by atoms with van der Waals surface area (Å²) in [6, 6.07) is 0.666. The van der Waals surface area contributed by atoms with Crippen molar-refractivity contribution in [3.8, 4) is 0 Å². The molecule has 2 saturated heterocycles. The van der Waals surface area contributed by atoms with E-state index < -0.39 is 0 Å². The van der Waals surface area contributed by atoms with Gasteiger partial charge in [0.1, 0.15) is 0 Å². The molecule has 0 aromatic carbocycles. The van der Waals surface area contributed by atoms with E-state index >= 15 is 0 Å². The molecular formula is C17H34N2O. The molecule has 3 nitrogen and oxygen atoms in total. The summed E-state index contributed by atoms with van der Waals surface area (Å²) >= 11 is 0. The fourth-order valence-electron chi connectivity index (χ4n) is 3.53. The van der Waals surface area contributed by atoms with Crippen molar-refractivity contribution in [2.45, 2.75) is 65.0 Å². The van der Waals surface area contributed by atoms with E-state index in [0.29, 0.717) is 11.6 Å². The highest BCUT2D eigenvalue weighted by atomic mass is 16.5. The second kappa shape index (κ2) is 7.24. The molecule has 118 valence electrons. The van der Waals surface area contributed by atoms with Gasteiger partial charge >= 0.3 is 0 Å². The summed E-state index contributed by atoms with van der Waals surface area (Å²) in [5, 5.41) is 3.81. The van der Waals surface area contributed by atoms with Gasteiger partial charge in [-0.15, -0.1) is 0 Å². The highest BCUT2D eigenvalue weighted by Gasteiger charge is 2.38. The minimum atomic E-state index is 0.336. The van der Waals surface area contributed by atoms with Crippen LogP contribution in [0.2, 0.25) is 0 Å². The average Bonchev–Trinajstić information content (AvgIpc) is 2.50. The van der Waals surface area contributed by atoms with E-state index in [1.807, 2.05) is 0 Å². The Balaban J connectivity index is 1.99. The van der Waals surface area contributed by atoms with Crippen molar-refractivity contribution < 1.29 is 4.74 Å². The van der Waals surface area contributed by atoms with Crippen molar-refractivity contribution in [3.05, 3.63) is 0 Å². The predicted molar refractivity (Wildman–Crippen MR) is 85.1 cm³/mol. The molecule has 0 aliphatic carbocycles. The van der Waals surface area contributed by atoms with Gasteiger partial charge in [-0.3, -0.25) is 4.90 Å². The van der Waals surface area contributed by atoms with E-state index in [1.54, 1.807) is 0 Å². The molecule has 0 saturated carbocycles. The lowest BCUT2D eigenvalue weighted by molar-refractivity contribution is -0.00275. The zero-order chi connectivity index (χ0) is 14.6. The van der Waals surface area contributed by atoms with Crippen molar-refractivity contribution in [1.82, 2.24) is 10.2 Å². The minimum Gasteiger partial charge on any atom is -0.381 e. The van der Waals surface area contributed by atoms with Gasteiger partial charge in [-0.05, 0) is 38.0 Å².